The molecule has 0 amide bonds. The van der Waals surface area contributed by atoms with Crippen molar-refractivity contribution in [2.24, 2.45) is 0 Å². The highest BCUT2D eigenvalue weighted by Crippen LogP contribution is 2.37. The second-order valence-corrected chi connectivity index (χ2v) is 8.86. The van der Waals surface area contributed by atoms with E-state index in [1.54, 1.807) is 19.3 Å². The zero-order chi connectivity index (χ0) is 24.3. The molecule has 4 rings (SSSR count). The first kappa shape index (κ1) is 23.1. The molecule has 0 spiro atoms. The van der Waals surface area contributed by atoms with E-state index in [4.69, 9.17) is 13.9 Å². The molecule has 0 radical (unpaired) electrons. The van der Waals surface area contributed by atoms with Crippen LogP contribution in [0.3, 0.4) is 0 Å². The lowest BCUT2D eigenvalue weighted by Crippen LogP contribution is -2.22. The highest BCUT2D eigenvalue weighted by Gasteiger charge is 2.18. The van der Waals surface area contributed by atoms with Crippen LogP contribution in [0.2, 0.25) is 0 Å². The number of fused-ring (bicyclic) bond motifs is 1. The molecule has 172 valence electrons. The molecule has 34 heavy (non-hydrogen) atoms. The molecule has 0 bridgehead atoms. The van der Waals surface area contributed by atoms with Crippen molar-refractivity contribution in [3.8, 4) is 28.0 Å². The van der Waals surface area contributed by atoms with Gasteiger partial charge in [-0.1, -0.05) is 54.6 Å². The molecule has 0 aliphatic heterocycles. The average molecular weight is 455 g/mol. The summed E-state index contributed by atoms with van der Waals surface area (Å²) in [6.45, 7) is 5.48. The lowest BCUT2D eigenvalue weighted by atomic mass is 9.92. The van der Waals surface area contributed by atoms with Gasteiger partial charge in [0.15, 0.2) is 0 Å². The fourth-order valence-electron chi connectivity index (χ4n) is 3.74. The van der Waals surface area contributed by atoms with Gasteiger partial charge in [-0.25, -0.2) is 9.59 Å². The maximum atomic E-state index is 13.1. The number of carbonyl (C=O) groups is 1. The molecule has 5 nitrogen and oxygen atoms in total. The summed E-state index contributed by atoms with van der Waals surface area (Å²) < 4.78 is 16.3. The first-order valence-corrected chi connectivity index (χ1v) is 11.0. The highest BCUT2D eigenvalue weighted by atomic mass is 16.6. The van der Waals surface area contributed by atoms with Crippen LogP contribution < -0.4 is 10.4 Å². The van der Waals surface area contributed by atoms with Crippen molar-refractivity contribution in [1.82, 2.24) is 0 Å². The van der Waals surface area contributed by atoms with Gasteiger partial charge in [-0.05, 0) is 55.7 Å². The number of rotatable bonds is 5. The molecule has 0 atom stereocenters. The molecule has 3 aromatic carbocycles. The van der Waals surface area contributed by atoms with Gasteiger partial charge in [-0.3, -0.25) is 0 Å². The summed E-state index contributed by atoms with van der Waals surface area (Å²) >= 11 is 0. The Bertz CT molecular complexity index is 1410. The van der Waals surface area contributed by atoms with E-state index in [1.165, 1.54) is 6.08 Å². The zero-order valence-electron chi connectivity index (χ0n) is 19.6. The Hall–Kier alpha value is -4.12. The summed E-state index contributed by atoms with van der Waals surface area (Å²) in [4.78, 5) is 25.1. The summed E-state index contributed by atoms with van der Waals surface area (Å²) in [5, 5.41) is 0.802. The number of hydrogen-bond donors (Lipinski definition) is 0. The summed E-state index contributed by atoms with van der Waals surface area (Å²) in [5.74, 6) is 0.209. The smallest absolute Gasteiger partial charge is 0.344 e. The summed E-state index contributed by atoms with van der Waals surface area (Å²) in [6.07, 6.45) is 3.12. The summed E-state index contributed by atoms with van der Waals surface area (Å²) in [6, 6.07) is 22.6. The molecule has 0 unspecified atom stereocenters. The zero-order valence-corrected chi connectivity index (χ0v) is 19.6. The van der Waals surface area contributed by atoms with Crippen LogP contribution in [0.5, 0.6) is 5.75 Å². The molecule has 4 aromatic rings. The fraction of sp³-hybridized carbons (Fsp3) is 0.172. The van der Waals surface area contributed by atoms with Crippen LogP contribution in [0, 0.1) is 0 Å². The third kappa shape index (κ3) is 5.09. The molecule has 1 heterocycles. The number of hydrogen-bond acceptors (Lipinski definition) is 5. The normalized spacial score (nSPS) is 11.6. The number of methoxy groups -OCH3 is 1. The third-order valence-corrected chi connectivity index (χ3v) is 5.20. The Morgan fingerprint density at radius 2 is 1.56 bits per heavy atom. The van der Waals surface area contributed by atoms with Crippen LogP contribution in [-0.2, 0) is 9.53 Å². The van der Waals surface area contributed by atoms with Crippen molar-refractivity contribution in [2.45, 2.75) is 26.4 Å². The maximum Gasteiger partial charge on any atom is 0.344 e. The van der Waals surface area contributed by atoms with E-state index in [2.05, 4.69) is 0 Å². The Balaban J connectivity index is 1.81. The number of ether oxygens (including phenoxy) is 2. The Morgan fingerprint density at radius 1 is 0.882 bits per heavy atom. The van der Waals surface area contributed by atoms with Crippen LogP contribution in [0.4, 0.5) is 0 Å². The van der Waals surface area contributed by atoms with Gasteiger partial charge in [-0.15, -0.1) is 0 Å². The SMILES string of the molecule is COc1ccc2c(-c3ccc(C=CC(=O)OC(C)(C)C)cc3)c(-c3ccccc3)c(=O)oc2c1. The van der Waals surface area contributed by atoms with Crippen LogP contribution in [0.1, 0.15) is 26.3 Å². The van der Waals surface area contributed by atoms with Gasteiger partial charge in [-0.2, -0.15) is 0 Å². The molecule has 1 aromatic heterocycles. The quantitative estimate of drug-likeness (QED) is 0.196. The standard InChI is InChI=1S/C29H26O5/c1-29(2,3)34-25(30)17-12-19-10-13-21(14-11-19)26-23-16-15-22(32-4)18-24(23)33-28(31)27(26)20-8-6-5-7-9-20/h5-18H,1-4H3. The van der Waals surface area contributed by atoms with E-state index in [9.17, 15) is 9.59 Å². The van der Waals surface area contributed by atoms with Gasteiger partial charge in [0.1, 0.15) is 16.9 Å². The minimum atomic E-state index is -0.544. The summed E-state index contributed by atoms with van der Waals surface area (Å²) in [7, 11) is 1.57. The van der Waals surface area contributed by atoms with E-state index in [-0.39, 0.29) is 0 Å². The van der Waals surface area contributed by atoms with Gasteiger partial charge in [0.2, 0.25) is 0 Å². The number of esters is 1. The van der Waals surface area contributed by atoms with E-state index in [1.807, 2.05) is 87.5 Å². The van der Waals surface area contributed by atoms with Crippen molar-refractivity contribution in [3.63, 3.8) is 0 Å². The minimum absolute atomic E-state index is 0.399. The Kier molecular flexibility index (Phi) is 6.37. The van der Waals surface area contributed by atoms with Gasteiger partial charge in [0.25, 0.3) is 0 Å². The lowest BCUT2D eigenvalue weighted by Gasteiger charge is -2.17. The minimum Gasteiger partial charge on any atom is -0.497 e. The molecular weight excluding hydrogens is 428 g/mol. The molecular formula is C29H26O5. The van der Waals surface area contributed by atoms with Gasteiger partial charge >= 0.3 is 11.6 Å². The van der Waals surface area contributed by atoms with Crippen molar-refractivity contribution < 1.29 is 18.7 Å². The lowest BCUT2D eigenvalue weighted by molar-refractivity contribution is -0.148. The molecule has 0 saturated heterocycles. The first-order valence-electron chi connectivity index (χ1n) is 11.0. The van der Waals surface area contributed by atoms with Crippen molar-refractivity contribution >= 4 is 23.0 Å². The van der Waals surface area contributed by atoms with Gasteiger partial charge in [0.05, 0.1) is 12.7 Å². The monoisotopic (exact) mass is 454 g/mol. The molecule has 0 fully saturated rings. The predicted octanol–water partition coefficient (Wildman–Crippen LogP) is 6.49. The molecule has 0 N–H and O–H groups in total. The van der Waals surface area contributed by atoms with Crippen molar-refractivity contribution in [2.75, 3.05) is 7.11 Å². The third-order valence-electron chi connectivity index (χ3n) is 5.20. The van der Waals surface area contributed by atoms with Gasteiger partial charge < -0.3 is 13.9 Å². The van der Waals surface area contributed by atoms with Crippen LogP contribution >= 0.6 is 0 Å². The van der Waals surface area contributed by atoms with Gasteiger partial charge in [0, 0.05) is 23.1 Å². The Labute approximate surface area is 198 Å². The fourth-order valence-corrected chi connectivity index (χ4v) is 3.74. The van der Waals surface area contributed by atoms with Crippen molar-refractivity contribution in [3.05, 3.63) is 94.9 Å². The van der Waals surface area contributed by atoms with Crippen LogP contribution in [0.15, 0.2) is 88.1 Å². The van der Waals surface area contributed by atoms with Crippen LogP contribution in [0.25, 0.3) is 39.3 Å². The highest BCUT2D eigenvalue weighted by molar-refractivity contribution is 6.01. The first-order chi connectivity index (χ1) is 16.2. The van der Waals surface area contributed by atoms with Crippen molar-refractivity contribution in [1.29, 1.82) is 0 Å². The second-order valence-electron chi connectivity index (χ2n) is 8.86. The van der Waals surface area contributed by atoms with E-state index < -0.39 is 17.2 Å². The van der Waals surface area contributed by atoms with E-state index >= 15 is 0 Å². The van der Waals surface area contributed by atoms with E-state index in [0.29, 0.717) is 16.9 Å². The van der Waals surface area contributed by atoms with Crippen LogP contribution in [-0.4, -0.2) is 18.7 Å². The second kappa shape index (κ2) is 9.40. The molecule has 0 aliphatic rings. The number of carbonyl (C=O) groups excluding carboxylic acids is 1. The predicted molar refractivity (Wildman–Crippen MR) is 135 cm³/mol. The Morgan fingerprint density at radius 3 is 2.21 bits per heavy atom. The largest absolute Gasteiger partial charge is 0.497 e. The van der Waals surface area contributed by atoms with E-state index in [0.717, 1.165) is 27.6 Å². The maximum absolute atomic E-state index is 13.1. The molecule has 0 saturated carbocycles. The molecule has 0 aliphatic carbocycles. The molecule has 5 heteroatoms. The number of benzene rings is 3. The summed E-state index contributed by atoms with van der Waals surface area (Å²) in [5.41, 5.74) is 3.23. The topological polar surface area (TPSA) is 65.7 Å². The average Bonchev–Trinajstić information content (AvgIpc) is 2.81.